The van der Waals surface area contributed by atoms with Gasteiger partial charge in [-0.1, -0.05) is 0 Å². The van der Waals surface area contributed by atoms with Crippen molar-refractivity contribution < 1.29 is 43.5 Å². The Morgan fingerprint density at radius 2 is 1.88 bits per heavy atom. The van der Waals surface area contributed by atoms with Crippen molar-refractivity contribution in [3.63, 3.8) is 0 Å². The Balaban J connectivity index is 1.45. The summed E-state index contributed by atoms with van der Waals surface area (Å²) in [6.07, 6.45) is 3.91. The van der Waals surface area contributed by atoms with Crippen molar-refractivity contribution in [1.29, 1.82) is 0 Å². The lowest BCUT2D eigenvalue weighted by Gasteiger charge is -2.39. The first-order chi connectivity index (χ1) is 20.3. The predicted molar refractivity (Wildman–Crippen MR) is 157 cm³/mol. The molecule has 5 rings (SSSR count). The molecule has 43 heavy (non-hydrogen) atoms. The summed E-state index contributed by atoms with van der Waals surface area (Å²) in [5.41, 5.74) is -1.47. The lowest BCUT2D eigenvalue weighted by atomic mass is 9.77. The number of benzene rings is 1. The maximum Gasteiger partial charge on any atom is 0.339 e. The molecule has 1 aromatic rings. The molecule has 0 radical (unpaired) electrons. The molecule has 3 aliphatic heterocycles. The standard InChI is InChI=1S/C32H46N2O9/c1-30(2,37)9-6-11-32(38,19-26(35)40-15-14-33(3)4)29(36)43-28-25(39-5)18-31-10-7-12-34(31)13-8-21-16-23-24(42-20-41-23)17-22(21)27(28)31/h16-18,27-28,37-38H,6-15,19-20H2,1-5H3/t27-,28?,31+,32?/m1/s1. The first-order valence-electron chi connectivity index (χ1n) is 15.3. The average Bonchev–Trinajstić information content (AvgIpc) is 3.61. The number of carbonyl (C=O) groups excluding carboxylic acids is 2. The van der Waals surface area contributed by atoms with Crippen LogP contribution in [0.1, 0.15) is 69.4 Å². The Morgan fingerprint density at radius 3 is 2.58 bits per heavy atom. The van der Waals surface area contributed by atoms with Crippen LogP contribution < -0.4 is 9.47 Å². The van der Waals surface area contributed by atoms with E-state index in [0.29, 0.717) is 36.6 Å². The van der Waals surface area contributed by atoms with Crippen LogP contribution in [0, 0.1) is 0 Å². The smallest absolute Gasteiger partial charge is 0.339 e. The first kappa shape index (κ1) is 31.6. The van der Waals surface area contributed by atoms with Gasteiger partial charge in [0.15, 0.2) is 23.2 Å². The molecule has 2 unspecified atom stereocenters. The third kappa shape index (κ3) is 6.50. The number of fused-ring (bicyclic) bond motifs is 3. The fourth-order valence-electron chi connectivity index (χ4n) is 7.03. The summed E-state index contributed by atoms with van der Waals surface area (Å²) in [6, 6.07) is 4.02. The number of nitrogens with zero attached hydrogens (tertiary/aromatic N) is 2. The van der Waals surface area contributed by atoms with Crippen LogP contribution in [0.2, 0.25) is 0 Å². The zero-order valence-electron chi connectivity index (χ0n) is 26.0. The van der Waals surface area contributed by atoms with Gasteiger partial charge >= 0.3 is 11.9 Å². The topological polar surface area (TPSA) is 127 Å². The van der Waals surface area contributed by atoms with Gasteiger partial charge in [0.1, 0.15) is 12.4 Å². The molecule has 3 heterocycles. The van der Waals surface area contributed by atoms with Gasteiger partial charge < -0.3 is 38.8 Å². The minimum Gasteiger partial charge on any atom is -0.497 e. The van der Waals surface area contributed by atoms with E-state index in [2.05, 4.69) is 11.0 Å². The van der Waals surface area contributed by atoms with Crippen LogP contribution >= 0.6 is 0 Å². The van der Waals surface area contributed by atoms with E-state index in [-0.39, 0.29) is 25.7 Å². The molecular formula is C32H46N2O9. The zero-order valence-corrected chi connectivity index (χ0v) is 26.0. The predicted octanol–water partition coefficient (Wildman–Crippen LogP) is 2.51. The largest absolute Gasteiger partial charge is 0.497 e. The molecule has 0 saturated carbocycles. The lowest BCUT2D eigenvalue weighted by molar-refractivity contribution is -0.179. The highest BCUT2D eigenvalue weighted by atomic mass is 16.7. The Kier molecular flexibility index (Phi) is 9.00. The van der Waals surface area contributed by atoms with Crippen LogP contribution in [0.4, 0.5) is 0 Å². The summed E-state index contributed by atoms with van der Waals surface area (Å²) in [6.45, 7) is 5.86. The van der Waals surface area contributed by atoms with Gasteiger partial charge in [-0.3, -0.25) is 9.69 Å². The molecular weight excluding hydrogens is 556 g/mol. The van der Waals surface area contributed by atoms with Crippen LogP contribution in [0.25, 0.3) is 0 Å². The number of hydrogen-bond acceptors (Lipinski definition) is 11. The van der Waals surface area contributed by atoms with E-state index in [4.69, 9.17) is 23.7 Å². The van der Waals surface area contributed by atoms with Gasteiger partial charge in [0, 0.05) is 13.1 Å². The lowest BCUT2D eigenvalue weighted by Crippen LogP contribution is -2.49. The van der Waals surface area contributed by atoms with Crippen molar-refractivity contribution in [1.82, 2.24) is 9.80 Å². The number of methoxy groups -OCH3 is 1. The molecule has 238 valence electrons. The average molecular weight is 603 g/mol. The van der Waals surface area contributed by atoms with Gasteiger partial charge in [-0.05, 0) is 102 Å². The van der Waals surface area contributed by atoms with Gasteiger partial charge in [0.2, 0.25) is 6.79 Å². The molecule has 1 fully saturated rings. The normalized spacial score (nSPS) is 25.7. The summed E-state index contributed by atoms with van der Waals surface area (Å²) in [5, 5.41) is 22.0. The number of aliphatic hydroxyl groups is 2. The summed E-state index contributed by atoms with van der Waals surface area (Å²) in [5.74, 6) is -0.0368. The van der Waals surface area contributed by atoms with E-state index in [1.807, 2.05) is 31.1 Å². The molecule has 0 amide bonds. The second-order valence-electron chi connectivity index (χ2n) is 13.2. The van der Waals surface area contributed by atoms with Crippen LogP contribution in [0.15, 0.2) is 24.0 Å². The third-order valence-electron chi connectivity index (χ3n) is 9.20. The molecule has 4 aliphatic rings. The third-order valence-corrected chi connectivity index (χ3v) is 9.20. The van der Waals surface area contributed by atoms with Gasteiger partial charge in [0.05, 0.1) is 30.6 Å². The molecule has 1 saturated heterocycles. The summed E-state index contributed by atoms with van der Waals surface area (Å²) < 4.78 is 28.9. The number of ether oxygens (including phenoxy) is 5. The van der Waals surface area contributed by atoms with E-state index in [0.717, 1.165) is 43.5 Å². The van der Waals surface area contributed by atoms with Gasteiger partial charge in [-0.25, -0.2) is 4.79 Å². The summed E-state index contributed by atoms with van der Waals surface area (Å²) in [7, 11) is 5.28. The second-order valence-corrected chi connectivity index (χ2v) is 13.2. The number of likely N-dealkylation sites (N-methyl/N-ethyl adjacent to an activating group) is 1. The van der Waals surface area contributed by atoms with Gasteiger partial charge in [-0.2, -0.15) is 0 Å². The van der Waals surface area contributed by atoms with Crippen molar-refractivity contribution in [3.8, 4) is 11.5 Å². The van der Waals surface area contributed by atoms with Crippen LogP contribution in [-0.4, -0.2) is 109 Å². The van der Waals surface area contributed by atoms with E-state index in [9.17, 15) is 19.8 Å². The van der Waals surface area contributed by atoms with E-state index >= 15 is 0 Å². The molecule has 1 aliphatic carbocycles. The summed E-state index contributed by atoms with van der Waals surface area (Å²) in [4.78, 5) is 31.2. The summed E-state index contributed by atoms with van der Waals surface area (Å²) >= 11 is 0. The number of carbonyl (C=O) groups is 2. The van der Waals surface area contributed by atoms with E-state index in [1.54, 1.807) is 21.0 Å². The second kappa shape index (κ2) is 12.3. The van der Waals surface area contributed by atoms with Crippen LogP contribution in [0.5, 0.6) is 11.5 Å². The number of esters is 2. The Hall–Kier alpha value is -2.86. The first-order valence-corrected chi connectivity index (χ1v) is 15.3. The van der Waals surface area contributed by atoms with Crippen molar-refractivity contribution in [2.45, 2.75) is 87.6 Å². The molecule has 2 N–H and O–H groups in total. The molecule has 0 bridgehead atoms. The van der Waals surface area contributed by atoms with Crippen molar-refractivity contribution in [3.05, 3.63) is 35.1 Å². The van der Waals surface area contributed by atoms with Crippen LogP contribution in [-0.2, 0) is 30.2 Å². The molecule has 11 heteroatoms. The number of rotatable bonds is 12. The highest BCUT2D eigenvalue weighted by Crippen LogP contribution is 2.55. The highest BCUT2D eigenvalue weighted by Gasteiger charge is 2.59. The van der Waals surface area contributed by atoms with Crippen molar-refractivity contribution >= 4 is 11.9 Å². The SMILES string of the molecule is COC1=C[C@]23CCCN2CCc2cc4c(cc2[C@@H]3C1OC(=O)C(O)(CCCC(C)(C)O)CC(=O)OCCN(C)C)OCO4. The van der Waals surface area contributed by atoms with E-state index < -0.39 is 41.2 Å². The maximum atomic E-state index is 14.0. The van der Waals surface area contributed by atoms with Gasteiger partial charge in [0.25, 0.3) is 0 Å². The quantitative estimate of drug-likeness (QED) is 0.343. The molecule has 11 nitrogen and oxygen atoms in total. The minimum absolute atomic E-state index is 0.0748. The minimum atomic E-state index is -2.15. The molecule has 4 atom stereocenters. The number of hydrogen-bond donors (Lipinski definition) is 2. The zero-order chi connectivity index (χ0) is 31.0. The molecule has 0 aromatic heterocycles. The van der Waals surface area contributed by atoms with Crippen molar-refractivity contribution in [2.24, 2.45) is 0 Å². The molecule has 1 aromatic carbocycles. The van der Waals surface area contributed by atoms with E-state index in [1.165, 1.54) is 0 Å². The Morgan fingerprint density at radius 1 is 1.14 bits per heavy atom. The van der Waals surface area contributed by atoms with Gasteiger partial charge in [-0.15, -0.1) is 0 Å². The van der Waals surface area contributed by atoms with Crippen molar-refractivity contribution in [2.75, 3.05) is 54.2 Å². The fourth-order valence-corrected chi connectivity index (χ4v) is 7.03. The monoisotopic (exact) mass is 602 g/mol. The Labute approximate surface area is 253 Å². The molecule has 1 spiro atoms. The maximum absolute atomic E-state index is 14.0. The van der Waals surface area contributed by atoms with Crippen LogP contribution in [0.3, 0.4) is 0 Å². The fraction of sp³-hybridized carbons (Fsp3) is 0.688. The highest BCUT2D eigenvalue weighted by molar-refractivity contribution is 5.86. The Bertz CT molecular complexity index is 1240.